The number of aromatic hydroxyl groups is 2. The molecule has 17 heavy (non-hydrogen) atoms. The maximum Gasteiger partial charge on any atom is 0.176 e. The predicted octanol–water partition coefficient (Wildman–Crippen LogP) is 1.20. The number of hydrogen-bond donors (Lipinski definition) is 3. The first kappa shape index (κ1) is 12.5. The van der Waals surface area contributed by atoms with Crippen molar-refractivity contribution in [3.8, 4) is 11.5 Å². The topological polar surface area (TPSA) is 55.7 Å². The first-order chi connectivity index (χ1) is 8.18. The Morgan fingerprint density at radius 3 is 2.59 bits per heavy atom. The summed E-state index contributed by atoms with van der Waals surface area (Å²) in [5, 5.41) is 22.7. The molecule has 0 spiro atoms. The Morgan fingerprint density at radius 2 is 1.88 bits per heavy atom. The molecule has 1 heterocycles. The van der Waals surface area contributed by atoms with Crippen molar-refractivity contribution in [1.82, 2.24) is 10.2 Å². The van der Waals surface area contributed by atoms with Crippen LogP contribution in [0.5, 0.6) is 11.5 Å². The van der Waals surface area contributed by atoms with E-state index >= 15 is 0 Å². The second kappa shape index (κ2) is 5.58. The summed E-state index contributed by atoms with van der Waals surface area (Å²) in [5.74, 6) is -0.308. The maximum absolute atomic E-state index is 9.74. The predicted molar refractivity (Wildman–Crippen MR) is 67.8 cm³/mol. The maximum atomic E-state index is 9.74. The van der Waals surface area contributed by atoms with Gasteiger partial charge in [0.1, 0.15) is 0 Å². The Morgan fingerprint density at radius 1 is 1.18 bits per heavy atom. The molecule has 0 atom stereocenters. The van der Waals surface area contributed by atoms with Gasteiger partial charge in [0, 0.05) is 32.7 Å². The molecule has 1 saturated heterocycles. The van der Waals surface area contributed by atoms with Crippen molar-refractivity contribution < 1.29 is 10.2 Å². The van der Waals surface area contributed by atoms with Gasteiger partial charge in [0.15, 0.2) is 11.5 Å². The number of piperazine rings is 1. The Hall–Kier alpha value is -0.970. The molecule has 2 rings (SSSR count). The van der Waals surface area contributed by atoms with Crippen molar-refractivity contribution >= 4 is 11.6 Å². The molecule has 1 aliphatic heterocycles. The van der Waals surface area contributed by atoms with Gasteiger partial charge in [-0.1, -0.05) is 17.7 Å². The smallest absolute Gasteiger partial charge is 0.176 e. The molecule has 0 amide bonds. The van der Waals surface area contributed by atoms with Crippen LogP contribution >= 0.6 is 11.6 Å². The average Bonchev–Trinajstić information content (AvgIpc) is 2.36. The summed E-state index contributed by atoms with van der Waals surface area (Å²) in [4.78, 5) is 2.33. The molecule has 94 valence electrons. The van der Waals surface area contributed by atoms with Crippen molar-refractivity contribution in [3.05, 3.63) is 22.7 Å². The van der Waals surface area contributed by atoms with Crippen LogP contribution in [0.25, 0.3) is 0 Å². The Kier molecular flexibility index (Phi) is 4.10. The molecule has 1 fully saturated rings. The summed E-state index contributed by atoms with van der Waals surface area (Å²) in [6.45, 7) is 4.96. The van der Waals surface area contributed by atoms with E-state index in [0.717, 1.165) is 44.7 Å². The molecule has 0 unspecified atom stereocenters. The van der Waals surface area contributed by atoms with E-state index in [9.17, 15) is 10.2 Å². The molecule has 0 aliphatic carbocycles. The molecular formula is C12H17ClN2O2. The Bertz CT molecular complexity index is 392. The SMILES string of the molecule is Oc1c(Cl)ccc(CCN2CCNCC2)c1O. The highest BCUT2D eigenvalue weighted by Gasteiger charge is 2.13. The zero-order valence-electron chi connectivity index (χ0n) is 9.62. The molecule has 4 nitrogen and oxygen atoms in total. The molecule has 1 aliphatic rings. The highest BCUT2D eigenvalue weighted by Crippen LogP contribution is 2.35. The van der Waals surface area contributed by atoms with Gasteiger partial charge < -0.3 is 20.4 Å². The van der Waals surface area contributed by atoms with Gasteiger partial charge in [-0.3, -0.25) is 0 Å². The lowest BCUT2D eigenvalue weighted by atomic mass is 10.1. The lowest BCUT2D eigenvalue weighted by Crippen LogP contribution is -2.44. The highest BCUT2D eigenvalue weighted by atomic mass is 35.5. The van der Waals surface area contributed by atoms with Gasteiger partial charge in [0.25, 0.3) is 0 Å². The molecule has 0 aromatic heterocycles. The van der Waals surface area contributed by atoms with Gasteiger partial charge in [-0.25, -0.2) is 0 Å². The monoisotopic (exact) mass is 256 g/mol. The largest absolute Gasteiger partial charge is 0.504 e. The van der Waals surface area contributed by atoms with Crippen molar-refractivity contribution in [2.75, 3.05) is 32.7 Å². The third kappa shape index (κ3) is 3.03. The average molecular weight is 257 g/mol. The summed E-state index contributed by atoms with van der Waals surface area (Å²) in [6.07, 6.45) is 0.719. The van der Waals surface area contributed by atoms with Gasteiger partial charge >= 0.3 is 0 Å². The molecule has 3 N–H and O–H groups in total. The number of phenolic OH excluding ortho intramolecular Hbond substituents is 2. The molecular weight excluding hydrogens is 240 g/mol. The standard InChI is InChI=1S/C12H17ClN2O2/c13-10-2-1-9(11(16)12(10)17)3-6-15-7-4-14-5-8-15/h1-2,14,16-17H,3-8H2. The number of nitrogens with one attached hydrogen (secondary N) is 1. The molecule has 1 aromatic carbocycles. The number of halogens is 1. The van der Waals surface area contributed by atoms with Gasteiger partial charge in [-0.15, -0.1) is 0 Å². The first-order valence-corrected chi connectivity index (χ1v) is 6.18. The van der Waals surface area contributed by atoms with Crippen molar-refractivity contribution in [1.29, 1.82) is 0 Å². The normalized spacial score (nSPS) is 17.2. The number of phenols is 2. The lowest BCUT2D eigenvalue weighted by Gasteiger charge is -2.27. The minimum Gasteiger partial charge on any atom is -0.504 e. The van der Waals surface area contributed by atoms with E-state index in [2.05, 4.69) is 10.2 Å². The van der Waals surface area contributed by atoms with Crippen LogP contribution in [-0.4, -0.2) is 47.8 Å². The Labute approximate surface area is 106 Å². The summed E-state index contributed by atoms with van der Waals surface area (Å²) in [7, 11) is 0. The third-order valence-corrected chi connectivity index (χ3v) is 3.40. The van der Waals surface area contributed by atoms with Gasteiger partial charge in [0.05, 0.1) is 5.02 Å². The molecule has 0 radical (unpaired) electrons. The zero-order valence-corrected chi connectivity index (χ0v) is 10.4. The van der Waals surface area contributed by atoms with Gasteiger partial charge in [-0.2, -0.15) is 0 Å². The van der Waals surface area contributed by atoms with Gasteiger partial charge in [0.2, 0.25) is 0 Å². The fraction of sp³-hybridized carbons (Fsp3) is 0.500. The molecule has 0 bridgehead atoms. The van der Waals surface area contributed by atoms with Gasteiger partial charge in [-0.05, 0) is 18.1 Å². The van der Waals surface area contributed by atoms with E-state index < -0.39 is 0 Å². The summed E-state index contributed by atoms with van der Waals surface area (Å²) in [5.41, 5.74) is 0.741. The van der Waals surface area contributed by atoms with Crippen LogP contribution in [-0.2, 0) is 6.42 Å². The van der Waals surface area contributed by atoms with Crippen LogP contribution in [0, 0.1) is 0 Å². The summed E-state index contributed by atoms with van der Waals surface area (Å²) >= 11 is 5.71. The molecule has 1 aromatic rings. The second-order valence-electron chi connectivity index (χ2n) is 4.25. The lowest BCUT2D eigenvalue weighted by molar-refractivity contribution is 0.243. The van der Waals surface area contributed by atoms with E-state index in [1.165, 1.54) is 0 Å². The van der Waals surface area contributed by atoms with Crippen LogP contribution in [0.1, 0.15) is 5.56 Å². The van der Waals surface area contributed by atoms with E-state index in [-0.39, 0.29) is 16.5 Å². The zero-order chi connectivity index (χ0) is 12.3. The molecule has 5 heteroatoms. The number of benzene rings is 1. The van der Waals surface area contributed by atoms with Crippen molar-refractivity contribution in [2.24, 2.45) is 0 Å². The fourth-order valence-corrected chi connectivity index (χ4v) is 2.16. The van der Waals surface area contributed by atoms with Crippen LogP contribution in [0.4, 0.5) is 0 Å². The highest BCUT2D eigenvalue weighted by molar-refractivity contribution is 6.32. The number of nitrogens with zero attached hydrogens (tertiary/aromatic N) is 1. The first-order valence-electron chi connectivity index (χ1n) is 5.81. The minimum absolute atomic E-state index is 0.0902. The molecule has 0 saturated carbocycles. The van der Waals surface area contributed by atoms with Crippen molar-refractivity contribution in [3.63, 3.8) is 0 Å². The van der Waals surface area contributed by atoms with E-state index in [0.29, 0.717) is 0 Å². The second-order valence-corrected chi connectivity index (χ2v) is 4.65. The van der Waals surface area contributed by atoms with E-state index in [1.54, 1.807) is 12.1 Å². The van der Waals surface area contributed by atoms with E-state index in [4.69, 9.17) is 11.6 Å². The fourth-order valence-electron chi connectivity index (χ4n) is 2.01. The number of hydrogen-bond acceptors (Lipinski definition) is 4. The van der Waals surface area contributed by atoms with Crippen LogP contribution in [0.2, 0.25) is 5.02 Å². The van der Waals surface area contributed by atoms with Crippen LogP contribution < -0.4 is 5.32 Å². The van der Waals surface area contributed by atoms with E-state index in [1.807, 2.05) is 0 Å². The third-order valence-electron chi connectivity index (χ3n) is 3.09. The summed E-state index contributed by atoms with van der Waals surface area (Å²) < 4.78 is 0. The van der Waals surface area contributed by atoms with Crippen molar-refractivity contribution in [2.45, 2.75) is 6.42 Å². The summed E-state index contributed by atoms with van der Waals surface area (Å²) in [6, 6.07) is 3.38. The minimum atomic E-state index is -0.218. The number of rotatable bonds is 3. The quantitative estimate of drug-likeness (QED) is 0.712. The van der Waals surface area contributed by atoms with Crippen LogP contribution in [0.3, 0.4) is 0 Å². The Balaban J connectivity index is 1.96. The van der Waals surface area contributed by atoms with Crippen LogP contribution in [0.15, 0.2) is 12.1 Å².